The van der Waals surface area contributed by atoms with Gasteiger partial charge in [-0.1, -0.05) is 11.6 Å². The Morgan fingerprint density at radius 1 is 1.17 bits per heavy atom. The van der Waals surface area contributed by atoms with Crippen LogP contribution in [0.4, 0.5) is 28.0 Å². The lowest BCUT2D eigenvalue weighted by atomic mass is 9.85. The second kappa shape index (κ2) is 7.90. The number of amides is 2. The zero-order chi connectivity index (χ0) is 21.2. The molecule has 3 rings (SSSR count). The van der Waals surface area contributed by atoms with Crippen molar-refractivity contribution in [2.75, 3.05) is 11.9 Å². The monoisotopic (exact) mass is 430 g/mol. The highest BCUT2D eigenvalue weighted by Gasteiger charge is 2.61. The minimum atomic E-state index is -4.91. The van der Waals surface area contributed by atoms with Gasteiger partial charge < -0.3 is 10.1 Å². The number of cyclic esters (lactones) is 1. The highest BCUT2D eigenvalue weighted by molar-refractivity contribution is 6.30. The van der Waals surface area contributed by atoms with E-state index in [4.69, 9.17) is 16.3 Å². The van der Waals surface area contributed by atoms with Crippen molar-refractivity contribution in [2.45, 2.75) is 24.6 Å². The van der Waals surface area contributed by atoms with Crippen LogP contribution in [0, 0.1) is 5.82 Å². The summed E-state index contributed by atoms with van der Waals surface area (Å²) in [6, 6.07) is 8.45. The van der Waals surface area contributed by atoms with E-state index in [0.717, 1.165) is 18.2 Å². The van der Waals surface area contributed by atoms with Gasteiger partial charge in [0.1, 0.15) is 5.82 Å². The smallest absolute Gasteiger partial charge is 0.428 e. The van der Waals surface area contributed by atoms with E-state index in [1.165, 1.54) is 24.3 Å². The fourth-order valence-corrected chi connectivity index (χ4v) is 3.26. The SMILES string of the molecule is O=C1Nc2ccc(Cl)cc2[C@](CCCNC(=O)c2ccc(F)cc2)(C(F)(F)F)O1. The van der Waals surface area contributed by atoms with Crippen LogP contribution >= 0.6 is 11.6 Å². The van der Waals surface area contributed by atoms with Crippen LogP contribution in [0.2, 0.25) is 5.02 Å². The molecule has 1 heterocycles. The Morgan fingerprint density at radius 3 is 2.52 bits per heavy atom. The first-order valence-corrected chi connectivity index (χ1v) is 8.91. The van der Waals surface area contributed by atoms with Crippen molar-refractivity contribution in [3.05, 3.63) is 64.4 Å². The Hall–Kier alpha value is -2.81. The van der Waals surface area contributed by atoms with Crippen molar-refractivity contribution in [1.82, 2.24) is 5.32 Å². The van der Waals surface area contributed by atoms with Gasteiger partial charge in [-0.05, 0) is 48.9 Å². The number of nitrogens with one attached hydrogen (secondary N) is 2. The average molecular weight is 431 g/mol. The molecule has 1 atom stereocenters. The zero-order valence-electron chi connectivity index (χ0n) is 14.8. The normalized spacial score (nSPS) is 18.4. The first-order valence-electron chi connectivity index (χ1n) is 8.53. The maximum Gasteiger partial charge on any atom is 0.432 e. The van der Waals surface area contributed by atoms with Gasteiger partial charge in [0.25, 0.3) is 5.91 Å². The van der Waals surface area contributed by atoms with Crippen LogP contribution in [0.25, 0.3) is 0 Å². The Morgan fingerprint density at radius 2 is 1.86 bits per heavy atom. The predicted molar refractivity (Wildman–Crippen MR) is 97.3 cm³/mol. The van der Waals surface area contributed by atoms with E-state index in [1.807, 2.05) is 0 Å². The van der Waals surface area contributed by atoms with Gasteiger partial charge in [0.05, 0.1) is 5.69 Å². The van der Waals surface area contributed by atoms with E-state index in [0.29, 0.717) is 0 Å². The van der Waals surface area contributed by atoms with Crippen molar-refractivity contribution in [2.24, 2.45) is 0 Å². The van der Waals surface area contributed by atoms with E-state index >= 15 is 0 Å². The molecule has 29 heavy (non-hydrogen) atoms. The number of rotatable bonds is 5. The minimum Gasteiger partial charge on any atom is -0.428 e. The van der Waals surface area contributed by atoms with Gasteiger partial charge in [-0.3, -0.25) is 10.1 Å². The molecule has 0 aromatic heterocycles. The minimum absolute atomic E-state index is 0.0432. The Balaban J connectivity index is 1.76. The van der Waals surface area contributed by atoms with Gasteiger partial charge in [0.2, 0.25) is 5.60 Å². The van der Waals surface area contributed by atoms with Crippen molar-refractivity contribution in [1.29, 1.82) is 0 Å². The molecular weight excluding hydrogens is 416 g/mol. The number of hydrogen-bond acceptors (Lipinski definition) is 3. The summed E-state index contributed by atoms with van der Waals surface area (Å²) < 4.78 is 59.6. The van der Waals surface area contributed by atoms with E-state index in [9.17, 15) is 27.2 Å². The van der Waals surface area contributed by atoms with Crippen LogP contribution in [0.1, 0.15) is 28.8 Å². The standard InChI is InChI=1S/C19H15ClF4N2O3/c20-12-4-7-15-14(10-12)18(19(22,23)24,29-17(28)26-15)8-1-9-25-16(27)11-2-5-13(21)6-3-11/h2-7,10H,1,8-9H2,(H,25,27)(H,26,28)/t18-/m1/s1. The van der Waals surface area contributed by atoms with Crippen molar-refractivity contribution in [3.8, 4) is 0 Å². The van der Waals surface area contributed by atoms with E-state index in [1.54, 1.807) is 0 Å². The van der Waals surface area contributed by atoms with Gasteiger partial charge >= 0.3 is 12.3 Å². The number of hydrogen-bond donors (Lipinski definition) is 2. The molecule has 154 valence electrons. The fraction of sp³-hybridized carbons (Fsp3) is 0.263. The molecule has 0 saturated heterocycles. The molecule has 0 bridgehead atoms. The van der Waals surface area contributed by atoms with E-state index in [2.05, 4.69) is 10.6 Å². The van der Waals surface area contributed by atoms with Crippen LogP contribution in [0.15, 0.2) is 42.5 Å². The summed E-state index contributed by atoms with van der Waals surface area (Å²) in [5, 5.41) is 4.75. The molecule has 1 aliphatic heterocycles. The Bertz CT molecular complexity index is 934. The molecule has 1 aliphatic rings. The van der Waals surface area contributed by atoms with Crippen molar-refractivity contribution >= 4 is 29.3 Å². The molecule has 2 aromatic carbocycles. The average Bonchev–Trinajstić information content (AvgIpc) is 2.65. The molecule has 0 radical (unpaired) electrons. The molecule has 0 fully saturated rings. The van der Waals surface area contributed by atoms with E-state index < -0.39 is 36.0 Å². The third-order valence-corrected chi connectivity index (χ3v) is 4.71. The molecular formula is C19H15ClF4N2O3. The summed E-state index contributed by atoms with van der Waals surface area (Å²) in [5.74, 6) is -1.07. The molecule has 0 spiro atoms. The van der Waals surface area contributed by atoms with Crippen LogP contribution in [-0.4, -0.2) is 24.7 Å². The van der Waals surface area contributed by atoms with E-state index in [-0.39, 0.29) is 34.8 Å². The summed E-state index contributed by atoms with van der Waals surface area (Å²) >= 11 is 5.85. The summed E-state index contributed by atoms with van der Waals surface area (Å²) in [7, 11) is 0. The summed E-state index contributed by atoms with van der Waals surface area (Å²) in [6.07, 6.45) is -6.91. The lowest BCUT2D eigenvalue weighted by Gasteiger charge is -2.39. The molecule has 0 unspecified atom stereocenters. The summed E-state index contributed by atoms with van der Waals surface area (Å²) in [5.41, 5.74) is -3.07. The molecule has 2 aromatic rings. The Kier molecular flexibility index (Phi) is 5.70. The van der Waals surface area contributed by atoms with Gasteiger partial charge in [-0.2, -0.15) is 13.2 Å². The van der Waals surface area contributed by atoms with Crippen molar-refractivity contribution in [3.63, 3.8) is 0 Å². The van der Waals surface area contributed by atoms with Crippen LogP contribution in [0.3, 0.4) is 0 Å². The number of alkyl halides is 3. The third kappa shape index (κ3) is 4.29. The number of halogens is 5. The largest absolute Gasteiger partial charge is 0.432 e. The van der Waals surface area contributed by atoms with Crippen LogP contribution in [0.5, 0.6) is 0 Å². The molecule has 0 aliphatic carbocycles. The first-order chi connectivity index (χ1) is 13.6. The first kappa shape index (κ1) is 20.9. The maximum atomic E-state index is 14.0. The molecule has 2 N–H and O–H groups in total. The summed E-state index contributed by atoms with van der Waals surface area (Å²) in [4.78, 5) is 23.8. The molecule has 2 amide bonds. The topological polar surface area (TPSA) is 67.4 Å². The van der Waals surface area contributed by atoms with Crippen LogP contribution in [-0.2, 0) is 10.3 Å². The third-order valence-electron chi connectivity index (χ3n) is 4.48. The number of ether oxygens (including phenoxy) is 1. The number of carbonyl (C=O) groups is 2. The molecule has 10 heteroatoms. The zero-order valence-corrected chi connectivity index (χ0v) is 15.5. The second-order valence-electron chi connectivity index (χ2n) is 6.40. The molecule has 5 nitrogen and oxygen atoms in total. The van der Waals surface area contributed by atoms with Crippen LogP contribution < -0.4 is 10.6 Å². The quantitative estimate of drug-likeness (QED) is 0.517. The number of carbonyl (C=O) groups excluding carboxylic acids is 2. The predicted octanol–water partition coefficient (Wildman–Crippen LogP) is 5.01. The summed E-state index contributed by atoms with van der Waals surface area (Å²) in [6.45, 7) is -0.116. The fourth-order valence-electron chi connectivity index (χ4n) is 3.09. The molecule has 0 saturated carbocycles. The lowest BCUT2D eigenvalue weighted by molar-refractivity contribution is -0.267. The highest BCUT2D eigenvalue weighted by atomic mass is 35.5. The second-order valence-corrected chi connectivity index (χ2v) is 6.83. The van der Waals surface area contributed by atoms with Gasteiger partial charge in [0, 0.05) is 29.1 Å². The lowest BCUT2D eigenvalue weighted by Crippen LogP contribution is -2.50. The van der Waals surface area contributed by atoms with Gasteiger partial charge in [-0.15, -0.1) is 0 Å². The maximum absolute atomic E-state index is 14.0. The number of benzene rings is 2. The van der Waals surface area contributed by atoms with Crippen molar-refractivity contribution < 1.29 is 31.9 Å². The van der Waals surface area contributed by atoms with Gasteiger partial charge in [0.15, 0.2) is 0 Å². The Labute approximate surface area is 168 Å². The highest BCUT2D eigenvalue weighted by Crippen LogP contribution is 2.50. The van der Waals surface area contributed by atoms with Gasteiger partial charge in [-0.25, -0.2) is 9.18 Å². The number of anilines is 1. The number of fused-ring (bicyclic) bond motifs is 1.